The Morgan fingerprint density at radius 3 is 2.14 bits per heavy atom. The van der Waals surface area contributed by atoms with Gasteiger partial charge in [0.2, 0.25) is 5.91 Å². The van der Waals surface area contributed by atoms with Gasteiger partial charge in [-0.2, -0.15) is 0 Å². The van der Waals surface area contributed by atoms with Gasteiger partial charge < -0.3 is 4.90 Å². The first-order valence-corrected chi connectivity index (χ1v) is 5.26. The van der Waals surface area contributed by atoms with Gasteiger partial charge in [-0.15, -0.1) is 0 Å². The maximum absolute atomic E-state index is 11.6. The summed E-state index contributed by atoms with van der Waals surface area (Å²) in [4.78, 5) is 24.3. The molecule has 0 unspecified atom stereocenters. The van der Waals surface area contributed by atoms with Crippen LogP contribution in [0.1, 0.15) is 33.6 Å². The van der Waals surface area contributed by atoms with Crippen LogP contribution in [-0.4, -0.2) is 29.7 Å². The summed E-state index contributed by atoms with van der Waals surface area (Å²) in [6.45, 7) is 7.41. The number of amides is 1. The Labute approximate surface area is 85.5 Å². The monoisotopic (exact) mass is 197 g/mol. The van der Waals surface area contributed by atoms with E-state index in [-0.39, 0.29) is 18.1 Å². The van der Waals surface area contributed by atoms with Gasteiger partial charge in [-0.25, -0.2) is 0 Å². The highest BCUT2D eigenvalue weighted by Crippen LogP contribution is 2.21. The van der Waals surface area contributed by atoms with Gasteiger partial charge in [0, 0.05) is 13.1 Å². The third-order valence-corrected chi connectivity index (χ3v) is 2.62. The second-order valence-corrected chi connectivity index (χ2v) is 4.62. The number of carbonyl (C=O) groups excluding carboxylic acids is 2. The van der Waals surface area contributed by atoms with E-state index in [2.05, 4.69) is 13.8 Å². The van der Waals surface area contributed by atoms with Crippen molar-refractivity contribution in [2.24, 2.45) is 11.8 Å². The molecule has 1 heterocycles. The molecule has 80 valence electrons. The summed E-state index contributed by atoms with van der Waals surface area (Å²) in [5, 5.41) is 0. The Bertz CT molecular complexity index is 227. The molecule has 1 aliphatic rings. The molecule has 1 saturated heterocycles. The van der Waals surface area contributed by atoms with Crippen molar-refractivity contribution in [3.05, 3.63) is 0 Å². The number of Topliss-reactive ketones (excluding diaryl/α,β-unsaturated/α-hetero) is 1. The molecule has 0 aliphatic carbocycles. The van der Waals surface area contributed by atoms with Crippen LogP contribution < -0.4 is 0 Å². The van der Waals surface area contributed by atoms with E-state index in [0.717, 1.165) is 13.1 Å². The third-order valence-electron chi connectivity index (χ3n) is 2.62. The SMILES string of the molecule is CC(=O)CC(=O)N1C[C@@H](C)C[C@H](C)C1. The average molecular weight is 197 g/mol. The summed E-state index contributed by atoms with van der Waals surface area (Å²) in [5.41, 5.74) is 0. The van der Waals surface area contributed by atoms with Crippen LogP contribution in [0.3, 0.4) is 0 Å². The molecule has 0 spiro atoms. The van der Waals surface area contributed by atoms with Crippen molar-refractivity contribution in [1.29, 1.82) is 0 Å². The van der Waals surface area contributed by atoms with Crippen molar-refractivity contribution in [2.45, 2.75) is 33.6 Å². The molecule has 1 fully saturated rings. The van der Waals surface area contributed by atoms with Crippen LogP contribution in [0.25, 0.3) is 0 Å². The van der Waals surface area contributed by atoms with Gasteiger partial charge in [0.25, 0.3) is 0 Å². The van der Waals surface area contributed by atoms with Crippen molar-refractivity contribution in [3.8, 4) is 0 Å². The predicted octanol–water partition coefficient (Wildman–Crippen LogP) is 1.47. The van der Waals surface area contributed by atoms with Crippen LogP contribution in [0.5, 0.6) is 0 Å². The molecule has 1 rings (SSSR count). The predicted molar refractivity (Wildman–Crippen MR) is 54.8 cm³/mol. The minimum Gasteiger partial charge on any atom is -0.342 e. The number of ketones is 1. The minimum atomic E-state index is -0.0409. The summed E-state index contributed by atoms with van der Waals surface area (Å²) in [5.74, 6) is 1.08. The second kappa shape index (κ2) is 4.58. The molecule has 0 radical (unpaired) electrons. The minimum absolute atomic E-state index is 0.00380. The van der Waals surface area contributed by atoms with Crippen molar-refractivity contribution in [2.75, 3.05) is 13.1 Å². The second-order valence-electron chi connectivity index (χ2n) is 4.62. The molecule has 0 aromatic heterocycles. The standard InChI is InChI=1S/C11H19NO2/c1-8-4-9(2)7-12(6-8)11(14)5-10(3)13/h8-9H,4-7H2,1-3H3/t8-,9-/m0/s1. The first kappa shape index (κ1) is 11.2. The van der Waals surface area contributed by atoms with E-state index >= 15 is 0 Å². The van der Waals surface area contributed by atoms with Gasteiger partial charge in [0.05, 0.1) is 6.42 Å². The molecule has 3 heteroatoms. The van der Waals surface area contributed by atoms with Crippen molar-refractivity contribution < 1.29 is 9.59 Å². The molecule has 2 atom stereocenters. The number of hydrogen-bond acceptors (Lipinski definition) is 2. The summed E-state index contributed by atoms with van der Waals surface area (Å²) in [6, 6.07) is 0. The van der Waals surface area contributed by atoms with E-state index in [9.17, 15) is 9.59 Å². The Hall–Kier alpha value is -0.860. The van der Waals surface area contributed by atoms with E-state index in [1.54, 1.807) is 0 Å². The lowest BCUT2D eigenvalue weighted by Gasteiger charge is -2.34. The average Bonchev–Trinajstić information content (AvgIpc) is 2.00. The lowest BCUT2D eigenvalue weighted by Crippen LogP contribution is -2.43. The summed E-state index contributed by atoms with van der Waals surface area (Å²) < 4.78 is 0. The van der Waals surface area contributed by atoms with Crippen LogP contribution in [0.2, 0.25) is 0 Å². The molecular formula is C11H19NO2. The highest BCUT2D eigenvalue weighted by Gasteiger charge is 2.25. The van der Waals surface area contributed by atoms with Gasteiger partial charge >= 0.3 is 0 Å². The fourth-order valence-electron chi connectivity index (χ4n) is 2.19. The molecule has 0 aromatic carbocycles. The molecule has 1 aliphatic heterocycles. The highest BCUT2D eigenvalue weighted by atomic mass is 16.2. The van der Waals surface area contributed by atoms with E-state index in [0.29, 0.717) is 11.8 Å². The fourth-order valence-corrected chi connectivity index (χ4v) is 2.19. The van der Waals surface area contributed by atoms with Crippen molar-refractivity contribution >= 4 is 11.7 Å². The highest BCUT2D eigenvalue weighted by molar-refractivity contribution is 5.96. The Morgan fingerprint density at radius 1 is 1.21 bits per heavy atom. The molecule has 14 heavy (non-hydrogen) atoms. The van der Waals surface area contributed by atoms with Gasteiger partial charge in [0.15, 0.2) is 0 Å². The summed E-state index contributed by atoms with van der Waals surface area (Å²) in [7, 11) is 0. The van der Waals surface area contributed by atoms with Crippen LogP contribution in [0, 0.1) is 11.8 Å². The Morgan fingerprint density at radius 2 is 1.71 bits per heavy atom. The molecule has 0 bridgehead atoms. The van der Waals surface area contributed by atoms with Crippen LogP contribution >= 0.6 is 0 Å². The van der Waals surface area contributed by atoms with E-state index in [4.69, 9.17) is 0 Å². The maximum Gasteiger partial charge on any atom is 0.230 e. The number of carbonyl (C=O) groups is 2. The summed E-state index contributed by atoms with van der Waals surface area (Å²) >= 11 is 0. The topological polar surface area (TPSA) is 37.4 Å². The normalized spacial score (nSPS) is 27.5. The van der Waals surface area contributed by atoms with Crippen LogP contribution in [-0.2, 0) is 9.59 Å². The fraction of sp³-hybridized carbons (Fsp3) is 0.818. The number of nitrogens with zero attached hydrogens (tertiary/aromatic N) is 1. The lowest BCUT2D eigenvalue weighted by molar-refractivity contribution is -0.137. The molecule has 0 N–H and O–H groups in total. The number of likely N-dealkylation sites (tertiary alicyclic amines) is 1. The van der Waals surface area contributed by atoms with E-state index in [1.165, 1.54) is 13.3 Å². The first-order valence-electron chi connectivity index (χ1n) is 5.26. The third kappa shape index (κ3) is 3.13. The summed E-state index contributed by atoms with van der Waals surface area (Å²) in [6.07, 6.45) is 1.25. The van der Waals surface area contributed by atoms with Gasteiger partial charge in [-0.05, 0) is 25.2 Å². The Balaban J connectivity index is 2.50. The Kier molecular flexibility index (Phi) is 3.67. The zero-order chi connectivity index (χ0) is 10.7. The van der Waals surface area contributed by atoms with E-state index in [1.807, 2.05) is 4.90 Å². The molecule has 0 aromatic rings. The molecule has 1 amide bonds. The van der Waals surface area contributed by atoms with Crippen molar-refractivity contribution in [3.63, 3.8) is 0 Å². The molecular weight excluding hydrogens is 178 g/mol. The van der Waals surface area contributed by atoms with E-state index < -0.39 is 0 Å². The van der Waals surface area contributed by atoms with Gasteiger partial charge in [0.1, 0.15) is 5.78 Å². The van der Waals surface area contributed by atoms with Crippen molar-refractivity contribution in [1.82, 2.24) is 4.90 Å². The van der Waals surface area contributed by atoms with Crippen LogP contribution in [0.4, 0.5) is 0 Å². The zero-order valence-corrected chi connectivity index (χ0v) is 9.25. The number of rotatable bonds is 2. The number of piperidine rings is 1. The van der Waals surface area contributed by atoms with Gasteiger partial charge in [-0.1, -0.05) is 13.8 Å². The largest absolute Gasteiger partial charge is 0.342 e. The first-order chi connectivity index (χ1) is 6.49. The lowest BCUT2D eigenvalue weighted by atomic mass is 9.91. The molecule has 0 saturated carbocycles. The number of hydrogen-bond donors (Lipinski definition) is 0. The van der Waals surface area contributed by atoms with Crippen LogP contribution in [0.15, 0.2) is 0 Å². The smallest absolute Gasteiger partial charge is 0.230 e. The zero-order valence-electron chi connectivity index (χ0n) is 9.25. The van der Waals surface area contributed by atoms with Gasteiger partial charge in [-0.3, -0.25) is 9.59 Å². The quantitative estimate of drug-likeness (QED) is 0.629. The maximum atomic E-state index is 11.6. The molecule has 3 nitrogen and oxygen atoms in total.